The van der Waals surface area contributed by atoms with Crippen LogP contribution < -0.4 is 14.2 Å². The Morgan fingerprint density at radius 1 is 1.03 bits per heavy atom. The van der Waals surface area contributed by atoms with Crippen LogP contribution in [-0.2, 0) is 6.54 Å². The van der Waals surface area contributed by atoms with Crippen LogP contribution in [0, 0.1) is 5.92 Å². The molecule has 1 heterocycles. The maximum absolute atomic E-state index is 12.6. The third kappa shape index (κ3) is 5.10. The number of rotatable bonds is 9. The molecule has 0 aliphatic heterocycles. The van der Waals surface area contributed by atoms with Gasteiger partial charge in [0.15, 0.2) is 17.3 Å². The Morgan fingerprint density at radius 3 is 2.41 bits per heavy atom. The van der Waals surface area contributed by atoms with Gasteiger partial charge in [-0.1, -0.05) is 13.8 Å². The van der Waals surface area contributed by atoms with Gasteiger partial charge in [0.25, 0.3) is 0 Å². The second-order valence-corrected chi connectivity index (χ2v) is 6.87. The van der Waals surface area contributed by atoms with E-state index in [0.717, 1.165) is 11.3 Å². The molecule has 0 amide bonds. The molecule has 0 spiro atoms. The van der Waals surface area contributed by atoms with Gasteiger partial charge in [0.05, 0.1) is 20.8 Å². The summed E-state index contributed by atoms with van der Waals surface area (Å²) in [7, 11) is 3.07. The minimum atomic E-state index is -0.160. The number of methoxy groups -OCH3 is 2. The highest BCUT2D eigenvalue weighted by atomic mass is 16.5. The first-order chi connectivity index (χ1) is 14.0. The third-order valence-corrected chi connectivity index (χ3v) is 4.14. The molecule has 0 saturated heterocycles. The van der Waals surface area contributed by atoms with Crippen LogP contribution in [0.1, 0.15) is 24.2 Å². The fourth-order valence-electron chi connectivity index (χ4n) is 2.62. The fourth-order valence-corrected chi connectivity index (χ4v) is 2.62. The van der Waals surface area contributed by atoms with Crippen molar-refractivity contribution in [1.82, 2.24) is 20.2 Å². The predicted molar refractivity (Wildman–Crippen MR) is 107 cm³/mol. The van der Waals surface area contributed by atoms with E-state index >= 15 is 0 Å². The van der Waals surface area contributed by atoms with Crippen molar-refractivity contribution in [1.29, 1.82) is 0 Å². The lowest BCUT2D eigenvalue weighted by Gasteiger charge is -2.08. The SMILES string of the molecule is COc1ccc(C(=O)Cn2nnc(-c3ccc(OCC(C)C)cc3)n2)cc1OC. The number of benzene rings is 2. The topological polar surface area (TPSA) is 88.4 Å². The van der Waals surface area contributed by atoms with Crippen molar-refractivity contribution in [2.24, 2.45) is 5.92 Å². The minimum Gasteiger partial charge on any atom is -0.493 e. The van der Waals surface area contributed by atoms with E-state index in [1.807, 2.05) is 24.3 Å². The summed E-state index contributed by atoms with van der Waals surface area (Å²) in [6.07, 6.45) is 0. The van der Waals surface area contributed by atoms with Crippen LogP contribution >= 0.6 is 0 Å². The van der Waals surface area contributed by atoms with Crippen LogP contribution in [0.4, 0.5) is 0 Å². The molecule has 29 heavy (non-hydrogen) atoms. The summed E-state index contributed by atoms with van der Waals surface area (Å²) >= 11 is 0. The maximum atomic E-state index is 12.6. The molecule has 8 heteroatoms. The van der Waals surface area contributed by atoms with Gasteiger partial charge in [0.2, 0.25) is 5.82 Å². The van der Waals surface area contributed by atoms with Gasteiger partial charge in [0, 0.05) is 11.1 Å². The van der Waals surface area contributed by atoms with Crippen molar-refractivity contribution >= 4 is 5.78 Å². The van der Waals surface area contributed by atoms with E-state index in [1.165, 1.54) is 11.9 Å². The van der Waals surface area contributed by atoms with Gasteiger partial charge in [0.1, 0.15) is 12.3 Å². The molecule has 152 valence electrons. The van der Waals surface area contributed by atoms with Crippen molar-refractivity contribution in [2.45, 2.75) is 20.4 Å². The highest BCUT2D eigenvalue weighted by Gasteiger charge is 2.14. The van der Waals surface area contributed by atoms with Crippen LogP contribution in [-0.4, -0.2) is 46.8 Å². The summed E-state index contributed by atoms with van der Waals surface area (Å²) in [5.41, 5.74) is 1.28. The lowest BCUT2D eigenvalue weighted by molar-refractivity contribution is 0.0961. The summed E-state index contributed by atoms with van der Waals surface area (Å²) in [5, 5.41) is 12.3. The number of hydrogen-bond acceptors (Lipinski definition) is 7. The van der Waals surface area contributed by atoms with Crippen LogP contribution in [0.25, 0.3) is 11.4 Å². The molecule has 0 fully saturated rings. The van der Waals surface area contributed by atoms with E-state index in [-0.39, 0.29) is 12.3 Å². The van der Waals surface area contributed by atoms with E-state index in [1.54, 1.807) is 25.3 Å². The van der Waals surface area contributed by atoms with Gasteiger partial charge in [-0.3, -0.25) is 4.79 Å². The molecule has 0 N–H and O–H groups in total. The standard InChI is InChI=1S/C21H24N4O4/c1-14(2)13-29-17-8-5-15(6-9-17)21-22-24-25(23-21)12-18(26)16-7-10-19(27-3)20(11-16)28-4/h5-11,14H,12-13H2,1-4H3. The van der Waals surface area contributed by atoms with Crippen molar-refractivity contribution < 1.29 is 19.0 Å². The molecule has 2 aromatic carbocycles. The van der Waals surface area contributed by atoms with Gasteiger partial charge < -0.3 is 14.2 Å². The number of ketones is 1. The first-order valence-corrected chi connectivity index (χ1v) is 9.26. The number of aromatic nitrogens is 4. The lowest BCUT2D eigenvalue weighted by Crippen LogP contribution is -2.13. The summed E-state index contributed by atoms with van der Waals surface area (Å²) in [6.45, 7) is 4.82. The molecule has 3 rings (SSSR count). The van der Waals surface area contributed by atoms with Crippen molar-refractivity contribution in [3.8, 4) is 28.6 Å². The zero-order chi connectivity index (χ0) is 20.8. The number of carbonyl (C=O) groups is 1. The van der Waals surface area contributed by atoms with Crippen molar-refractivity contribution in [3.05, 3.63) is 48.0 Å². The van der Waals surface area contributed by atoms with Gasteiger partial charge in [-0.15, -0.1) is 10.2 Å². The molecule has 0 saturated carbocycles. The van der Waals surface area contributed by atoms with E-state index in [0.29, 0.717) is 35.4 Å². The summed E-state index contributed by atoms with van der Waals surface area (Å²) < 4.78 is 16.1. The van der Waals surface area contributed by atoms with Crippen LogP contribution in [0.15, 0.2) is 42.5 Å². The molecular weight excluding hydrogens is 372 g/mol. The van der Waals surface area contributed by atoms with Gasteiger partial charge in [-0.05, 0) is 53.6 Å². The fraction of sp³-hybridized carbons (Fsp3) is 0.333. The van der Waals surface area contributed by atoms with E-state index in [4.69, 9.17) is 14.2 Å². The first-order valence-electron chi connectivity index (χ1n) is 9.26. The molecule has 3 aromatic rings. The smallest absolute Gasteiger partial charge is 0.204 e. The highest BCUT2D eigenvalue weighted by molar-refractivity contribution is 5.96. The van der Waals surface area contributed by atoms with Crippen LogP contribution in [0.3, 0.4) is 0 Å². The Labute approximate surface area is 169 Å². The van der Waals surface area contributed by atoms with Crippen molar-refractivity contribution in [2.75, 3.05) is 20.8 Å². The molecular formula is C21H24N4O4. The van der Waals surface area contributed by atoms with Gasteiger partial charge in [-0.2, -0.15) is 4.80 Å². The molecule has 0 atom stereocenters. The van der Waals surface area contributed by atoms with Gasteiger partial charge >= 0.3 is 0 Å². The molecule has 0 radical (unpaired) electrons. The molecule has 0 bridgehead atoms. The Kier molecular flexibility index (Phi) is 6.43. The summed E-state index contributed by atoms with van der Waals surface area (Å²) in [6, 6.07) is 12.5. The van der Waals surface area contributed by atoms with E-state index in [2.05, 4.69) is 29.3 Å². The largest absolute Gasteiger partial charge is 0.493 e. The van der Waals surface area contributed by atoms with E-state index in [9.17, 15) is 4.79 Å². The number of carbonyl (C=O) groups excluding carboxylic acids is 1. The minimum absolute atomic E-state index is 0.0297. The molecule has 0 unspecified atom stereocenters. The van der Waals surface area contributed by atoms with Crippen molar-refractivity contribution in [3.63, 3.8) is 0 Å². The quantitative estimate of drug-likeness (QED) is 0.513. The second kappa shape index (κ2) is 9.18. The van der Waals surface area contributed by atoms with Crippen LogP contribution in [0.2, 0.25) is 0 Å². The first kappa shape index (κ1) is 20.3. The average molecular weight is 396 g/mol. The number of nitrogens with zero attached hydrogens (tertiary/aromatic N) is 4. The Hall–Kier alpha value is -3.42. The Morgan fingerprint density at radius 2 is 1.76 bits per heavy atom. The number of tetrazole rings is 1. The van der Waals surface area contributed by atoms with Gasteiger partial charge in [-0.25, -0.2) is 0 Å². The van der Waals surface area contributed by atoms with E-state index < -0.39 is 0 Å². The molecule has 0 aliphatic carbocycles. The predicted octanol–water partition coefficient (Wildman–Crippen LogP) is 3.28. The third-order valence-electron chi connectivity index (χ3n) is 4.14. The maximum Gasteiger partial charge on any atom is 0.204 e. The second-order valence-electron chi connectivity index (χ2n) is 6.87. The molecule has 0 aliphatic rings. The lowest BCUT2D eigenvalue weighted by atomic mass is 10.1. The Balaban J connectivity index is 1.68. The molecule has 8 nitrogen and oxygen atoms in total. The summed E-state index contributed by atoms with van der Waals surface area (Å²) in [5.74, 6) is 2.59. The Bertz CT molecular complexity index is 967. The normalized spacial score (nSPS) is 10.8. The zero-order valence-electron chi connectivity index (χ0n) is 17.0. The zero-order valence-corrected chi connectivity index (χ0v) is 17.0. The highest BCUT2D eigenvalue weighted by Crippen LogP contribution is 2.27. The summed E-state index contributed by atoms with van der Waals surface area (Å²) in [4.78, 5) is 13.8. The molecule has 1 aromatic heterocycles. The number of ether oxygens (including phenoxy) is 3. The number of hydrogen-bond donors (Lipinski definition) is 0. The number of Topliss-reactive ketones (excluding diaryl/α,β-unsaturated/α-hetero) is 1. The average Bonchev–Trinajstić information content (AvgIpc) is 3.20. The van der Waals surface area contributed by atoms with Crippen LogP contribution in [0.5, 0.6) is 17.2 Å². The monoisotopic (exact) mass is 396 g/mol.